The molecule has 0 spiro atoms. The minimum atomic E-state index is -1.03. The molecule has 1 amide bonds. The van der Waals surface area contributed by atoms with Crippen LogP contribution in [0.2, 0.25) is 0 Å². The van der Waals surface area contributed by atoms with Crippen LogP contribution >= 0.6 is 0 Å². The van der Waals surface area contributed by atoms with Crippen molar-refractivity contribution in [2.24, 2.45) is 0 Å². The summed E-state index contributed by atoms with van der Waals surface area (Å²) in [6.07, 6.45) is 20.9. The monoisotopic (exact) mass is 453 g/mol. The average Bonchev–Trinajstić information content (AvgIpc) is 2.76. The minimum Gasteiger partial charge on any atom is -0.480 e. The molecule has 0 aliphatic carbocycles. The Morgan fingerprint density at radius 1 is 0.812 bits per heavy atom. The summed E-state index contributed by atoms with van der Waals surface area (Å²) in [7, 11) is 0. The van der Waals surface area contributed by atoms with Crippen LogP contribution in [0, 0.1) is 0 Å². The van der Waals surface area contributed by atoms with Gasteiger partial charge in [-0.3, -0.25) is 14.4 Å². The topological polar surface area (TPSA) is 92.7 Å². The number of allylic oxidation sites excluding steroid dienone is 1. The predicted molar refractivity (Wildman–Crippen MR) is 130 cm³/mol. The quantitative estimate of drug-likeness (QED) is 0.114. The Bertz CT molecular complexity index is 518. The fraction of sp³-hybridized carbons (Fsp3) is 0.808. The zero-order chi connectivity index (χ0) is 23.9. The van der Waals surface area contributed by atoms with E-state index in [0.717, 1.165) is 57.8 Å². The summed E-state index contributed by atoms with van der Waals surface area (Å²) in [5.74, 6) is -1.35. The molecule has 32 heavy (non-hydrogen) atoms. The van der Waals surface area contributed by atoms with E-state index in [2.05, 4.69) is 25.2 Å². The van der Waals surface area contributed by atoms with Crippen molar-refractivity contribution in [2.45, 2.75) is 129 Å². The van der Waals surface area contributed by atoms with Gasteiger partial charge >= 0.3 is 11.9 Å². The standard InChI is InChI=1S/C26H47NO5/c1-3-5-7-8-9-10-11-17-21-26(31)32-23(18-14-6-4-2)19-15-12-13-16-20-24(28)27-22-25(29)30/h14,18,23H,3-13,15-17,19-22H2,1-2H3,(H,27,28)(H,29,30)/b18-14-. The molecule has 6 heteroatoms. The predicted octanol–water partition coefficient (Wildman–Crippen LogP) is 6.33. The van der Waals surface area contributed by atoms with Crippen molar-refractivity contribution in [1.29, 1.82) is 0 Å². The van der Waals surface area contributed by atoms with Gasteiger partial charge in [-0.1, -0.05) is 84.1 Å². The summed E-state index contributed by atoms with van der Waals surface area (Å²) in [5.41, 5.74) is 0. The number of carboxylic acid groups (broad SMARTS) is 1. The molecule has 6 nitrogen and oxygen atoms in total. The third-order valence-electron chi connectivity index (χ3n) is 5.40. The molecule has 0 saturated heterocycles. The first-order valence-electron chi connectivity index (χ1n) is 12.8. The van der Waals surface area contributed by atoms with E-state index in [1.54, 1.807) is 0 Å². The molecule has 0 rings (SSSR count). The lowest BCUT2D eigenvalue weighted by Gasteiger charge is -2.15. The van der Waals surface area contributed by atoms with E-state index < -0.39 is 5.97 Å². The van der Waals surface area contributed by atoms with E-state index in [9.17, 15) is 14.4 Å². The molecule has 2 N–H and O–H groups in total. The number of ether oxygens (including phenoxy) is 1. The first kappa shape index (κ1) is 30.1. The van der Waals surface area contributed by atoms with E-state index in [-0.39, 0.29) is 24.5 Å². The van der Waals surface area contributed by atoms with Gasteiger partial charge in [-0.25, -0.2) is 0 Å². The minimum absolute atomic E-state index is 0.0998. The molecule has 0 aromatic carbocycles. The fourth-order valence-corrected chi connectivity index (χ4v) is 3.49. The Labute approximate surface area is 195 Å². The lowest BCUT2D eigenvalue weighted by molar-refractivity contribution is -0.147. The van der Waals surface area contributed by atoms with Crippen LogP contribution in [0.4, 0.5) is 0 Å². The number of hydrogen-bond acceptors (Lipinski definition) is 4. The van der Waals surface area contributed by atoms with Crippen LogP contribution in [0.5, 0.6) is 0 Å². The van der Waals surface area contributed by atoms with E-state index in [4.69, 9.17) is 9.84 Å². The molecule has 0 saturated carbocycles. The van der Waals surface area contributed by atoms with Crippen molar-refractivity contribution in [2.75, 3.05) is 6.54 Å². The van der Waals surface area contributed by atoms with Crippen LogP contribution in [-0.4, -0.2) is 35.6 Å². The number of hydrogen-bond donors (Lipinski definition) is 2. The van der Waals surface area contributed by atoms with Gasteiger partial charge < -0.3 is 15.2 Å². The summed E-state index contributed by atoms with van der Waals surface area (Å²) in [6, 6.07) is 0. The maximum Gasteiger partial charge on any atom is 0.322 e. The lowest BCUT2D eigenvalue weighted by atomic mass is 10.1. The van der Waals surface area contributed by atoms with Gasteiger partial charge in [-0.05, 0) is 38.2 Å². The number of carbonyl (C=O) groups is 3. The molecule has 1 unspecified atom stereocenters. The first-order chi connectivity index (χ1) is 15.5. The highest BCUT2D eigenvalue weighted by Crippen LogP contribution is 2.14. The zero-order valence-corrected chi connectivity index (χ0v) is 20.5. The molecule has 0 aliphatic rings. The smallest absolute Gasteiger partial charge is 0.322 e. The van der Waals surface area contributed by atoms with Crippen molar-refractivity contribution < 1.29 is 24.2 Å². The molecule has 0 radical (unpaired) electrons. The van der Waals surface area contributed by atoms with Crippen molar-refractivity contribution in [1.82, 2.24) is 5.32 Å². The van der Waals surface area contributed by atoms with Crippen LogP contribution in [-0.2, 0) is 19.1 Å². The highest BCUT2D eigenvalue weighted by molar-refractivity contribution is 5.80. The van der Waals surface area contributed by atoms with E-state index in [1.165, 1.54) is 38.5 Å². The van der Waals surface area contributed by atoms with Gasteiger partial charge in [0.05, 0.1) is 0 Å². The second-order valence-electron chi connectivity index (χ2n) is 8.59. The summed E-state index contributed by atoms with van der Waals surface area (Å²) < 4.78 is 5.71. The number of unbranched alkanes of at least 4 members (excludes halogenated alkanes) is 11. The second-order valence-corrected chi connectivity index (χ2v) is 8.59. The van der Waals surface area contributed by atoms with E-state index in [0.29, 0.717) is 12.8 Å². The number of carboxylic acids is 1. The molecular formula is C26H47NO5. The summed E-state index contributed by atoms with van der Waals surface area (Å²) >= 11 is 0. The maximum absolute atomic E-state index is 12.2. The van der Waals surface area contributed by atoms with Gasteiger partial charge in [-0.2, -0.15) is 0 Å². The molecule has 1 atom stereocenters. The maximum atomic E-state index is 12.2. The summed E-state index contributed by atoms with van der Waals surface area (Å²) in [4.78, 5) is 34.2. The number of esters is 1. The van der Waals surface area contributed by atoms with Crippen LogP contribution < -0.4 is 5.32 Å². The van der Waals surface area contributed by atoms with Crippen LogP contribution in [0.1, 0.15) is 123 Å². The normalized spacial score (nSPS) is 12.1. The van der Waals surface area contributed by atoms with Crippen molar-refractivity contribution in [3.63, 3.8) is 0 Å². The molecule has 0 heterocycles. The van der Waals surface area contributed by atoms with E-state index >= 15 is 0 Å². The Kier molecular flexibility index (Phi) is 21.1. The Hall–Kier alpha value is -1.85. The van der Waals surface area contributed by atoms with Gasteiger partial charge in [0, 0.05) is 12.8 Å². The Balaban J connectivity index is 3.99. The fourth-order valence-electron chi connectivity index (χ4n) is 3.49. The molecule has 0 aromatic rings. The summed E-state index contributed by atoms with van der Waals surface area (Å²) in [6.45, 7) is 4.03. The highest BCUT2D eigenvalue weighted by atomic mass is 16.5. The molecule has 0 fully saturated rings. The lowest BCUT2D eigenvalue weighted by Crippen LogP contribution is -2.28. The largest absolute Gasteiger partial charge is 0.480 e. The van der Waals surface area contributed by atoms with Crippen molar-refractivity contribution in [3.05, 3.63) is 12.2 Å². The van der Waals surface area contributed by atoms with Crippen LogP contribution in [0.25, 0.3) is 0 Å². The van der Waals surface area contributed by atoms with Crippen LogP contribution in [0.3, 0.4) is 0 Å². The Morgan fingerprint density at radius 3 is 2.03 bits per heavy atom. The van der Waals surface area contributed by atoms with Crippen molar-refractivity contribution in [3.8, 4) is 0 Å². The number of aliphatic carboxylic acids is 1. The van der Waals surface area contributed by atoms with Gasteiger partial charge in [0.1, 0.15) is 12.6 Å². The average molecular weight is 454 g/mol. The van der Waals surface area contributed by atoms with Gasteiger partial charge in [0.15, 0.2) is 0 Å². The van der Waals surface area contributed by atoms with Crippen LogP contribution in [0.15, 0.2) is 12.2 Å². The van der Waals surface area contributed by atoms with E-state index in [1.807, 2.05) is 6.08 Å². The number of carbonyl (C=O) groups excluding carboxylic acids is 2. The molecule has 0 bridgehead atoms. The highest BCUT2D eigenvalue weighted by Gasteiger charge is 2.11. The summed E-state index contributed by atoms with van der Waals surface area (Å²) in [5, 5.41) is 10.9. The van der Waals surface area contributed by atoms with Gasteiger partial charge in [-0.15, -0.1) is 0 Å². The van der Waals surface area contributed by atoms with Gasteiger partial charge in [0.25, 0.3) is 0 Å². The number of nitrogens with one attached hydrogen (secondary N) is 1. The Morgan fingerprint density at radius 2 is 1.41 bits per heavy atom. The zero-order valence-electron chi connectivity index (χ0n) is 20.5. The molecule has 186 valence electrons. The molecular weight excluding hydrogens is 406 g/mol. The second kappa shape index (κ2) is 22.3. The third-order valence-corrected chi connectivity index (χ3v) is 5.40. The van der Waals surface area contributed by atoms with Gasteiger partial charge in [0.2, 0.25) is 5.91 Å². The third kappa shape index (κ3) is 21.4. The van der Waals surface area contributed by atoms with Crippen molar-refractivity contribution >= 4 is 17.8 Å². The molecule has 0 aromatic heterocycles. The number of rotatable bonds is 22. The SMILES string of the molecule is CCC/C=C\C(CCCCCCC(=O)NCC(=O)O)OC(=O)CCCCCCCCCC. The first-order valence-corrected chi connectivity index (χ1v) is 12.8. The number of amides is 1. The molecule has 0 aliphatic heterocycles.